The Kier molecular flexibility index (Phi) is 4.95. The average molecular weight is 366 g/mol. The maximum atomic E-state index is 13.0. The lowest BCUT2D eigenvalue weighted by Crippen LogP contribution is -2.17. The lowest BCUT2D eigenvalue weighted by molar-refractivity contribution is -0.385. The normalized spacial score (nSPS) is 10.6. The third-order valence-corrected chi connectivity index (χ3v) is 3.30. The topological polar surface area (TPSA) is 84.6 Å². The van der Waals surface area contributed by atoms with E-state index in [-0.39, 0.29) is 11.3 Å². The predicted octanol–water partition coefficient (Wildman–Crippen LogP) is 3.26. The molecule has 0 unspecified atom stereocenters. The van der Waals surface area contributed by atoms with E-state index in [4.69, 9.17) is 0 Å². The van der Waals surface area contributed by atoms with E-state index >= 15 is 0 Å². The number of rotatable bonds is 4. The minimum atomic E-state index is -0.581. The Morgan fingerprint density at radius 1 is 1.32 bits per heavy atom. The molecule has 1 amide bonds. The molecule has 0 heterocycles. The van der Waals surface area contributed by atoms with E-state index in [0.29, 0.717) is 10.0 Å². The molecule has 0 aromatic heterocycles. The molecule has 0 aliphatic carbocycles. The van der Waals surface area contributed by atoms with Crippen LogP contribution in [0, 0.1) is 15.9 Å². The van der Waals surface area contributed by atoms with E-state index in [9.17, 15) is 19.3 Å². The summed E-state index contributed by atoms with van der Waals surface area (Å²) in [5.41, 5.74) is 2.67. The molecule has 0 saturated heterocycles. The molecule has 0 fully saturated rings. The van der Waals surface area contributed by atoms with Gasteiger partial charge in [-0.25, -0.2) is 9.82 Å². The number of nitrogens with zero attached hydrogens (tertiary/aromatic N) is 2. The maximum absolute atomic E-state index is 13.0. The number of nitrogens with one attached hydrogen (secondary N) is 1. The Balaban J connectivity index is 2.08. The number of carbonyl (C=O) groups is 1. The van der Waals surface area contributed by atoms with Crippen LogP contribution >= 0.6 is 15.9 Å². The third-order valence-electron chi connectivity index (χ3n) is 2.63. The first-order chi connectivity index (χ1) is 10.5. The van der Waals surface area contributed by atoms with E-state index in [1.165, 1.54) is 36.5 Å². The largest absolute Gasteiger partial charge is 0.284 e. The number of amides is 1. The van der Waals surface area contributed by atoms with Crippen molar-refractivity contribution in [3.63, 3.8) is 0 Å². The van der Waals surface area contributed by atoms with Crippen LogP contribution in [0.3, 0.4) is 0 Å². The van der Waals surface area contributed by atoms with Gasteiger partial charge in [0.15, 0.2) is 0 Å². The Labute approximate surface area is 132 Å². The first kappa shape index (κ1) is 15.8. The molecule has 0 aliphatic heterocycles. The van der Waals surface area contributed by atoms with Gasteiger partial charge in [-0.05, 0) is 40.2 Å². The molecule has 0 radical (unpaired) electrons. The van der Waals surface area contributed by atoms with Gasteiger partial charge in [-0.2, -0.15) is 5.10 Å². The fourth-order valence-corrected chi connectivity index (χ4v) is 2.00. The summed E-state index contributed by atoms with van der Waals surface area (Å²) in [5.74, 6) is -1.11. The minimum Gasteiger partial charge on any atom is -0.267 e. The summed E-state index contributed by atoms with van der Waals surface area (Å²) < 4.78 is 13.3. The second-order valence-electron chi connectivity index (χ2n) is 4.18. The Morgan fingerprint density at radius 3 is 2.77 bits per heavy atom. The summed E-state index contributed by atoms with van der Waals surface area (Å²) in [4.78, 5) is 22.0. The van der Waals surface area contributed by atoms with Gasteiger partial charge in [0.2, 0.25) is 0 Å². The highest BCUT2D eigenvalue weighted by Crippen LogP contribution is 2.24. The maximum Gasteiger partial charge on any atom is 0.284 e. The lowest BCUT2D eigenvalue weighted by atomic mass is 10.2. The molecule has 8 heteroatoms. The highest BCUT2D eigenvalue weighted by molar-refractivity contribution is 9.10. The average Bonchev–Trinajstić information content (AvgIpc) is 2.48. The molecular weight excluding hydrogens is 357 g/mol. The van der Waals surface area contributed by atoms with Crippen LogP contribution in [0.25, 0.3) is 0 Å². The van der Waals surface area contributed by atoms with Gasteiger partial charge in [0.25, 0.3) is 11.6 Å². The summed E-state index contributed by atoms with van der Waals surface area (Å²) >= 11 is 3.07. The van der Waals surface area contributed by atoms with Crippen LogP contribution in [-0.2, 0) is 0 Å². The molecule has 22 heavy (non-hydrogen) atoms. The third kappa shape index (κ3) is 3.95. The van der Waals surface area contributed by atoms with Crippen molar-refractivity contribution >= 4 is 33.7 Å². The van der Waals surface area contributed by atoms with E-state index in [1.807, 2.05) is 0 Å². The molecule has 0 atom stereocenters. The van der Waals surface area contributed by atoms with Gasteiger partial charge < -0.3 is 0 Å². The van der Waals surface area contributed by atoms with E-state index in [1.54, 1.807) is 6.07 Å². The van der Waals surface area contributed by atoms with Crippen molar-refractivity contribution < 1.29 is 14.1 Å². The fourth-order valence-electron chi connectivity index (χ4n) is 1.61. The molecule has 0 saturated carbocycles. The number of hydrogen-bond acceptors (Lipinski definition) is 4. The molecule has 1 N–H and O–H groups in total. The van der Waals surface area contributed by atoms with Crippen LogP contribution in [0.15, 0.2) is 52.0 Å². The summed E-state index contributed by atoms with van der Waals surface area (Å²) in [5, 5.41) is 14.5. The number of nitro benzene ring substituents is 1. The summed E-state index contributed by atoms with van der Waals surface area (Å²) in [6.07, 6.45) is 1.26. The van der Waals surface area contributed by atoms with Crippen LogP contribution in [0.2, 0.25) is 0 Å². The van der Waals surface area contributed by atoms with Crippen LogP contribution < -0.4 is 5.43 Å². The van der Waals surface area contributed by atoms with Crippen molar-refractivity contribution in [2.75, 3.05) is 0 Å². The molecule has 6 nitrogen and oxygen atoms in total. The second kappa shape index (κ2) is 6.90. The van der Waals surface area contributed by atoms with Gasteiger partial charge in [-0.15, -0.1) is 0 Å². The number of hydrogen-bond donors (Lipinski definition) is 1. The minimum absolute atomic E-state index is 0.111. The van der Waals surface area contributed by atoms with Crippen molar-refractivity contribution in [1.29, 1.82) is 0 Å². The zero-order valence-corrected chi connectivity index (χ0v) is 12.6. The zero-order chi connectivity index (χ0) is 16.1. The second-order valence-corrected chi connectivity index (χ2v) is 5.03. The molecule has 0 spiro atoms. The summed E-state index contributed by atoms with van der Waals surface area (Å²) in [6, 6.07) is 9.56. The number of nitro groups is 1. The van der Waals surface area contributed by atoms with E-state index in [0.717, 1.165) is 6.07 Å². The first-order valence-corrected chi connectivity index (χ1v) is 6.79. The lowest BCUT2D eigenvalue weighted by Gasteiger charge is -2.00. The highest BCUT2D eigenvalue weighted by Gasteiger charge is 2.11. The van der Waals surface area contributed by atoms with Gasteiger partial charge in [-0.1, -0.05) is 12.1 Å². The SMILES string of the molecule is O=C(NN=Cc1ccc(Br)c([N+](=O)[O-])c1)c1cccc(F)c1. The van der Waals surface area contributed by atoms with Gasteiger partial charge in [0.1, 0.15) is 5.82 Å². The van der Waals surface area contributed by atoms with Crippen molar-refractivity contribution in [1.82, 2.24) is 5.43 Å². The number of halogens is 2. The van der Waals surface area contributed by atoms with Crippen LogP contribution in [0.1, 0.15) is 15.9 Å². The van der Waals surface area contributed by atoms with Crippen molar-refractivity contribution in [3.05, 3.63) is 74.0 Å². The Bertz CT molecular complexity index is 765. The smallest absolute Gasteiger partial charge is 0.267 e. The molecule has 2 rings (SSSR count). The van der Waals surface area contributed by atoms with Crippen molar-refractivity contribution in [2.24, 2.45) is 5.10 Å². The van der Waals surface area contributed by atoms with Gasteiger partial charge in [0, 0.05) is 17.2 Å². The van der Waals surface area contributed by atoms with Crippen molar-refractivity contribution in [3.8, 4) is 0 Å². The highest BCUT2D eigenvalue weighted by atomic mass is 79.9. The predicted molar refractivity (Wildman–Crippen MR) is 82.3 cm³/mol. The van der Waals surface area contributed by atoms with E-state index < -0.39 is 16.6 Å². The first-order valence-electron chi connectivity index (χ1n) is 6.00. The molecular formula is C14H9BrFN3O3. The number of benzene rings is 2. The molecule has 0 aliphatic rings. The van der Waals surface area contributed by atoms with Crippen LogP contribution in [0.4, 0.5) is 10.1 Å². The Morgan fingerprint density at radius 2 is 2.09 bits per heavy atom. The van der Waals surface area contributed by atoms with Gasteiger partial charge in [0.05, 0.1) is 15.6 Å². The van der Waals surface area contributed by atoms with Crippen LogP contribution in [-0.4, -0.2) is 17.0 Å². The number of hydrazone groups is 1. The fraction of sp³-hybridized carbons (Fsp3) is 0. The monoisotopic (exact) mass is 365 g/mol. The van der Waals surface area contributed by atoms with Crippen LogP contribution in [0.5, 0.6) is 0 Å². The summed E-state index contributed by atoms with van der Waals surface area (Å²) in [6.45, 7) is 0. The molecule has 2 aromatic rings. The van der Waals surface area contributed by atoms with Crippen molar-refractivity contribution in [2.45, 2.75) is 0 Å². The van der Waals surface area contributed by atoms with E-state index in [2.05, 4.69) is 26.5 Å². The van der Waals surface area contributed by atoms with Gasteiger partial charge in [-0.3, -0.25) is 14.9 Å². The zero-order valence-electron chi connectivity index (χ0n) is 11.0. The Hall–Kier alpha value is -2.61. The number of carbonyl (C=O) groups excluding carboxylic acids is 1. The molecule has 2 aromatic carbocycles. The molecule has 112 valence electrons. The summed E-state index contributed by atoms with van der Waals surface area (Å²) in [7, 11) is 0. The van der Waals surface area contributed by atoms with Gasteiger partial charge >= 0.3 is 0 Å². The standard InChI is InChI=1S/C14H9BrFN3O3/c15-12-5-4-9(6-13(12)19(21)22)8-17-18-14(20)10-2-1-3-11(16)7-10/h1-8H,(H,18,20). The quantitative estimate of drug-likeness (QED) is 0.512. The molecule has 0 bridgehead atoms.